The smallest absolute Gasteiger partial charge is 0.339 e. The fourth-order valence-electron chi connectivity index (χ4n) is 1.10. The number of aromatic carboxylic acids is 1. The van der Waals surface area contributed by atoms with Crippen molar-refractivity contribution < 1.29 is 27.4 Å². The second kappa shape index (κ2) is 5.13. The molecule has 0 saturated carbocycles. The van der Waals surface area contributed by atoms with Crippen molar-refractivity contribution in [3.63, 3.8) is 0 Å². The highest BCUT2D eigenvalue weighted by atomic mass is 32.2. The number of hydrogen-bond donors (Lipinski definition) is 1. The third-order valence-corrected chi connectivity index (χ3v) is 2.79. The van der Waals surface area contributed by atoms with Crippen molar-refractivity contribution in [3.05, 3.63) is 29.6 Å². The lowest BCUT2D eigenvalue weighted by atomic mass is 10.2. The largest absolute Gasteiger partial charge is 0.492 e. The van der Waals surface area contributed by atoms with Crippen LogP contribution in [0.25, 0.3) is 0 Å². The lowest BCUT2D eigenvalue weighted by molar-refractivity contribution is 0.0692. The Hall–Kier alpha value is -1.63. The summed E-state index contributed by atoms with van der Waals surface area (Å²) in [7, 11) is -3.20. The molecule has 1 aromatic rings. The van der Waals surface area contributed by atoms with E-state index in [2.05, 4.69) is 0 Å². The number of benzene rings is 1. The van der Waals surface area contributed by atoms with E-state index in [4.69, 9.17) is 9.84 Å². The summed E-state index contributed by atoms with van der Waals surface area (Å²) < 4.78 is 39.5. The third kappa shape index (κ3) is 4.39. The molecule has 0 spiro atoms. The first-order valence-electron chi connectivity index (χ1n) is 4.63. The van der Waals surface area contributed by atoms with Crippen LogP contribution in [0.1, 0.15) is 10.4 Å². The van der Waals surface area contributed by atoms with Crippen molar-refractivity contribution in [1.82, 2.24) is 0 Å². The second-order valence-corrected chi connectivity index (χ2v) is 5.68. The van der Waals surface area contributed by atoms with Gasteiger partial charge in [-0.2, -0.15) is 0 Å². The molecular formula is C10H11FO5S. The number of carboxylic acid groups (broad SMARTS) is 1. The molecule has 1 aromatic carbocycles. The van der Waals surface area contributed by atoms with Gasteiger partial charge in [0.15, 0.2) is 9.84 Å². The van der Waals surface area contributed by atoms with Crippen LogP contribution >= 0.6 is 0 Å². The van der Waals surface area contributed by atoms with Crippen LogP contribution in [0.3, 0.4) is 0 Å². The summed E-state index contributed by atoms with van der Waals surface area (Å²) in [6.07, 6.45) is 1.03. The maximum Gasteiger partial charge on any atom is 0.339 e. The van der Waals surface area contributed by atoms with Crippen LogP contribution in [0.4, 0.5) is 4.39 Å². The van der Waals surface area contributed by atoms with Crippen molar-refractivity contribution in [1.29, 1.82) is 0 Å². The zero-order valence-corrected chi connectivity index (χ0v) is 9.83. The molecule has 0 radical (unpaired) electrons. The molecule has 0 fully saturated rings. The fraction of sp³-hybridized carbons (Fsp3) is 0.300. The Kier molecular flexibility index (Phi) is 4.06. The normalized spacial score (nSPS) is 11.2. The standard InChI is InChI=1S/C10H11FO5S/c1-17(14,15)5-4-16-9-6-7(11)2-3-8(9)10(12)13/h2-3,6H,4-5H2,1H3,(H,12,13). The summed E-state index contributed by atoms with van der Waals surface area (Å²) in [4.78, 5) is 10.8. The van der Waals surface area contributed by atoms with Crippen LogP contribution < -0.4 is 4.74 Å². The second-order valence-electron chi connectivity index (χ2n) is 3.42. The maximum atomic E-state index is 12.9. The van der Waals surface area contributed by atoms with Gasteiger partial charge < -0.3 is 9.84 Å². The Balaban J connectivity index is 2.82. The Morgan fingerprint density at radius 3 is 2.65 bits per heavy atom. The molecule has 0 aliphatic heterocycles. The predicted octanol–water partition coefficient (Wildman–Crippen LogP) is 0.947. The van der Waals surface area contributed by atoms with Crippen LogP contribution in [0.15, 0.2) is 18.2 Å². The molecular weight excluding hydrogens is 251 g/mol. The van der Waals surface area contributed by atoms with Crippen molar-refractivity contribution in [2.45, 2.75) is 0 Å². The third-order valence-electron chi connectivity index (χ3n) is 1.89. The van der Waals surface area contributed by atoms with Gasteiger partial charge in [-0.15, -0.1) is 0 Å². The van der Waals surface area contributed by atoms with Gasteiger partial charge in [-0.25, -0.2) is 17.6 Å². The molecule has 0 bridgehead atoms. The van der Waals surface area contributed by atoms with Crippen molar-refractivity contribution in [2.75, 3.05) is 18.6 Å². The van der Waals surface area contributed by atoms with E-state index in [0.717, 1.165) is 24.5 Å². The lowest BCUT2D eigenvalue weighted by Crippen LogP contribution is -2.13. The Labute approximate surface area is 97.8 Å². The molecule has 17 heavy (non-hydrogen) atoms. The fourth-order valence-corrected chi connectivity index (χ4v) is 1.48. The van der Waals surface area contributed by atoms with Crippen LogP contribution in [-0.4, -0.2) is 38.1 Å². The number of hydrogen-bond acceptors (Lipinski definition) is 4. The quantitative estimate of drug-likeness (QED) is 0.854. The SMILES string of the molecule is CS(=O)(=O)CCOc1cc(F)ccc1C(=O)O. The predicted molar refractivity (Wildman–Crippen MR) is 58.6 cm³/mol. The van der Waals surface area contributed by atoms with Gasteiger partial charge in [0.2, 0.25) is 0 Å². The maximum absolute atomic E-state index is 12.9. The number of carbonyl (C=O) groups is 1. The summed E-state index contributed by atoms with van der Waals surface area (Å²) in [6.45, 7) is -0.220. The number of ether oxygens (including phenoxy) is 1. The van der Waals surface area contributed by atoms with Gasteiger partial charge in [0, 0.05) is 12.3 Å². The molecule has 1 rings (SSSR count). The molecule has 0 atom stereocenters. The highest BCUT2D eigenvalue weighted by Crippen LogP contribution is 2.19. The van der Waals surface area contributed by atoms with E-state index in [9.17, 15) is 17.6 Å². The van der Waals surface area contributed by atoms with Crippen LogP contribution in [-0.2, 0) is 9.84 Å². The highest BCUT2D eigenvalue weighted by Gasteiger charge is 2.13. The monoisotopic (exact) mass is 262 g/mol. The first kappa shape index (κ1) is 13.4. The van der Waals surface area contributed by atoms with Gasteiger partial charge in [-0.3, -0.25) is 0 Å². The van der Waals surface area contributed by atoms with Gasteiger partial charge in [0.05, 0.1) is 5.75 Å². The van der Waals surface area contributed by atoms with Gasteiger partial charge in [0.25, 0.3) is 0 Å². The molecule has 0 unspecified atom stereocenters. The van der Waals surface area contributed by atoms with Crippen molar-refractivity contribution >= 4 is 15.8 Å². The van der Waals surface area contributed by atoms with E-state index >= 15 is 0 Å². The van der Waals surface area contributed by atoms with Crippen LogP contribution in [0, 0.1) is 5.82 Å². The first-order valence-corrected chi connectivity index (χ1v) is 6.69. The summed E-state index contributed by atoms with van der Waals surface area (Å²) in [5.41, 5.74) is -0.208. The van der Waals surface area contributed by atoms with Crippen LogP contribution in [0.2, 0.25) is 0 Å². The van der Waals surface area contributed by atoms with Crippen molar-refractivity contribution in [3.8, 4) is 5.75 Å². The summed E-state index contributed by atoms with van der Waals surface area (Å²) in [5.74, 6) is -2.35. The average Bonchev–Trinajstić information content (AvgIpc) is 2.15. The molecule has 0 amide bonds. The molecule has 0 saturated heterocycles. The zero-order chi connectivity index (χ0) is 13.1. The first-order chi connectivity index (χ1) is 7.79. The number of carboxylic acids is 1. The molecule has 5 nitrogen and oxygen atoms in total. The lowest BCUT2D eigenvalue weighted by Gasteiger charge is -2.08. The number of rotatable bonds is 5. The van der Waals surface area contributed by atoms with E-state index in [0.29, 0.717) is 0 Å². The minimum Gasteiger partial charge on any atom is -0.492 e. The van der Waals surface area contributed by atoms with Crippen molar-refractivity contribution in [2.24, 2.45) is 0 Å². The van der Waals surface area contributed by atoms with Gasteiger partial charge in [-0.05, 0) is 12.1 Å². The molecule has 0 aliphatic carbocycles. The summed E-state index contributed by atoms with van der Waals surface area (Å²) in [6, 6.07) is 2.96. The molecule has 0 aromatic heterocycles. The number of sulfone groups is 1. The van der Waals surface area contributed by atoms with E-state index in [1.807, 2.05) is 0 Å². The average molecular weight is 262 g/mol. The van der Waals surface area contributed by atoms with Gasteiger partial charge in [-0.1, -0.05) is 0 Å². The zero-order valence-electron chi connectivity index (χ0n) is 9.01. The minimum absolute atomic E-state index is 0.179. The van der Waals surface area contributed by atoms with Crippen LogP contribution in [0.5, 0.6) is 5.75 Å². The Morgan fingerprint density at radius 2 is 2.12 bits per heavy atom. The highest BCUT2D eigenvalue weighted by molar-refractivity contribution is 7.90. The molecule has 1 N–H and O–H groups in total. The van der Waals surface area contributed by atoms with E-state index < -0.39 is 21.6 Å². The summed E-state index contributed by atoms with van der Waals surface area (Å²) >= 11 is 0. The van der Waals surface area contributed by atoms with E-state index in [-0.39, 0.29) is 23.7 Å². The topological polar surface area (TPSA) is 80.7 Å². The Morgan fingerprint density at radius 1 is 1.47 bits per heavy atom. The summed E-state index contributed by atoms with van der Waals surface area (Å²) in [5, 5.41) is 8.80. The molecule has 94 valence electrons. The van der Waals surface area contributed by atoms with E-state index in [1.54, 1.807) is 0 Å². The van der Waals surface area contributed by atoms with E-state index in [1.165, 1.54) is 0 Å². The Bertz CT molecular complexity index is 523. The van der Waals surface area contributed by atoms with Gasteiger partial charge >= 0.3 is 5.97 Å². The molecule has 7 heteroatoms. The number of halogens is 1. The molecule has 0 heterocycles. The minimum atomic E-state index is -3.20. The molecule has 0 aliphatic rings. The van der Waals surface area contributed by atoms with Gasteiger partial charge in [0.1, 0.15) is 23.7 Å².